The first-order valence-electron chi connectivity index (χ1n) is 8.40. The van der Waals surface area contributed by atoms with Crippen LogP contribution in [0.4, 0.5) is 0 Å². The molecular weight excluding hydrogens is 272 g/mol. The Morgan fingerprint density at radius 2 is 1.75 bits per heavy atom. The van der Waals surface area contributed by atoms with E-state index in [9.17, 15) is 8.42 Å². The second-order valence-electron chi connectivity index (χ2n) is 6.76. The minimum absolute atomic E-state index is 0.318. The van der Waals surface area contributed by atoms with Crippen LogP contribution in [0.5, 0.6) is 0 Å². The summed E-state index contributed by atoms with van der Waals surface area (Å²) in [6, 6.07) is 0.995. The quantitative estimate of drug-likeness (QED) is 0.733. The highest BCUT2D eigenvalue weighted by Gasteiger charge is 2.39. The summed E-state index contributed by atoms with van der Waals surface area (Å²) in [7, 11) is -3.03. The van der Waals surface area contributed by atoms with Crippen molar-refractivity contribution in [1.82, 2.24) is 9.62 Å². The zero-order valence-corrected chi connectivity index (χ0v) is 13.2. The van der Waals surface area contributed by atoms with Gasteiger partial charge in [-0.1, -0.05) is 12.8 Å². The molecular formula is C15H28N2O2S. The number of hydrogen-bond donors (Lipinski definition) is 1. The topological polar surface area (TPSA) is 49.4 Å². The van der Waals surface area contributed by atoms with Crippen LogP contribution >= 0.6 is 0 Å². The molecule has 4 nitrogen and oxygen atoms in total. The molecule has 1 saturated heterocycles. The first kappa shape index (κ1) is 14.8. The summed E-state index contributed by atoms with van der Waals surface area (Å²) < 4.78 is 27.0. The Hall–Kier alpha value is -0.130. The molecule has 0 spiro atoms. The maximum absolute atomic E-state index is 12.6. The molecule has 0 amide bonds. The molecule has 0 aromatic carbocycles. The van der Waals surface area contributed by atoms with Gasteiger partial charge >= 0.3 is 0 Å². The van der Waals surface area contributed by atoms with Crippen LogP contribution in [0.15, 0.2) is 0 Å². The number of hydrogen-bond acceptors (Lipinski definition) is 3. The molecule has 0 aromatic rings. The van der Waals surface area contributed by atoms with Gasteiger partial charge < -0.3 is 5.32 Å². The molecule has 1 heterocycles. The van der Waals surface area contributed by atoms with E-state index in [1.54, 1.807) is 0 Å². The summed E-state index contributed by atoms with van der Waals surface area (Å²) in [5.74, 6) is 0.965. The van der Waals surface area contributed by atoms with Crippen molar-refractivity contribution in [1.29, 1.82) is 0 Å². The van der Waals surface area contributed by atoms with Gasteiger partial charge in [0.05, 0.1) is 5.75 Å². The molecule has 1 unspecified atom stereocenters. The van der Waals surface area contributed by atoms with Crippen LogP contribution in [-0.4, -0.2) is 43.6 Å². The number of rotatable bonds is 7. The van der Waals surface area contributed by atoms with Crippen LogP contribution < -0.4 is 5.32 Å². The zero-order valence-electron chi connectivity index (χ0n) is 12.4. The summed E-state index contributed by atoms with van der Waals surface area (Å²) in [6.45, 7) is 1.62. The standard InChI is InChI=1S/C15H28N2O2S/c18-20(19,12-4-10-16-14-8-9-14)17-11-3-7-15(17)13-5-1-2-6-13/h13-16H,1-12H2. The van der Waals surface area contributed by atoms with E-state index in [4.69, 9.17) is 0 Å². The molecule has 1 atom stereocenters. The summed E-state index contributed by atoms with van der Waals surface area (Å²) in [4.78, 5) is 0. The zero-order chi connectivity index (χ0) is 14.0. The van der Waals surface area contributed by atoms with Gasteiger partial charge in [-0.3, -0.25) is 0 Å². The third-order valence-corrected chi connectivity index (χ3v) is 7.11. The lowest BCUT2D eigenvalue weighted by Crippen LogP contribution is -2.41. The third-order valence-electron chi connectivity index (χ3n) is 5.14. The van der Waals surface area contributed by atoms with Crippen LogP contribution in [0, 0.1) is 5.92 Å². The normalized spacial score (nSPS) is 29.3. The largest absolute Gasteiger partial charge is 0.314 e. The second-order valence-corrected chi connectivity index (χ2v) is 8.80. The molecule has 3 fully saturated rings. The Morgan fingerprint density at radius 1 is 1.00 bits per heavy atom. The fourth-order valence-electron chi connectivity index (χ4n) is 3.89. The predicted octanol–water partition coefficient (Wildman–Crippen LogP) is 2.11. The molecule has 2 saturated carbocycles. The van der Waals surface area contributed by atoms with Gasteiger partial charge in [-0.2, -0.15) is 4.31 Å². The molecule has 20 heavy (non-hydrogen) atoms. The van der Waals surface area contributed by atoms with Gasteiger partial charge in [-0.15, -0.1) is 0 Å². The lowest BCUT2D eigenvalue weighted by Gasteiger charge is -2.28. The van der Waals surface area contributed by atoms with Gasteiger partial charge in [0.1, 0.15) is 0 Å². The summed E-state index contributed by atoms with van der Waals surface area (Å²) >= 11 is 0. The first-order chi connectivity index (χ1) is 9.67. The van der Waals surface area contributed by atoms with Gasteiger partial charge in [0.25, 0.3) is 0 Å². The molecule has 0 aromatic heterocycles. The maximum Gasteiger partial charge on any atom is 0.214 e. The average Bonchev–Trinajstić information content (AvgIpc) is 2.93. The highest BCUT2D eigenvalue weighted by molar-refractivity contribution is 7.89. The van der Waals surface area contributed by atoms with E-state index < -0.39 is 10.0 Å². The lowest BCUT2D eigenvalue weighted by molar-refractivity contribution is 0.288. The smallest absolute Gasteiger partial charge is 0.214 e. The van der Waals surface area contributed by atoms with E-state index in [0.717, 1.165) is 32.4 Å². The van der Waals surface area contributed by atoms with Crippen molar-refractivity contribution < 1.29 is 8.42 Å². The molecule has 3 rings (SSSR count). The van der Waals surface area contributed by atoms with E-state index in [2.05, 4.69) is 5.32 Å². The number of nitrogens with one attached hydrogen (secondary N) is 1. The second kappa shape index (κ2) is 6.32. The van der Waals surface area contributed by atoms with Gasteiger partial charge in [-0.25, -0.2) is 8.42 Å². The van der Waals surface area contributed by atoms with E-state index in [1.165, 1.54) is 38.5 Å². The monoisotopic (exact) mass is 300 g/mol. The summed E-state index contributed by atoms with van der Waals surface area (Å²) in [6.07, 6.45) is 10.5. The van der Waals surface area contributed by atoms with Crippen LogP contribution in [0.3, 0.4) is 0 Å². The molecule has 1 N–H and O–H groups in total. The van der Waals surface area contributed by atoms with Gasteiger partial charge in [0.2, 0.25) is 10.0 Å². The Kier molecular flexibility index (Phi) is 4.68. The van der Waals surface area contributed by atoms with Crippen molar-refractivity contribution >= 4 is 10.0 Å². The van der Waals surface area contributed by atoms with Crippen LogP contribution in [0.1, 0.15) is 57.8 Å². The highest BCUT2D eigenvalue weighted by atomic mass is 32.2. The highest BCUT2D eigenvalue weighted by Crippen LogP contribution is 2.36. The first-order valence-corrected chi connectivity index (χ1v) is 10.0. The van der Waals surface area contributed by atoms with Crippen molar-refractivity contribution in [2.75, 3.05) is 18.8 Å². The van der Waals surface area contributed by atoms with Gasteiger partial charge in [-0.05, 0) is 57.4 Å². The van der Waals surface area contributed by atoms with Crippen molar-refractivity contribution in [2.45, 2.75) is 69.9 Å². The maximum atomic E-state index is 12.6. The minimum atomic E-state index is -3.03. The van der Waals surface area contributed by atoms with E-state index in [1.807, 2.05) is 4.31 Å². The number of sulfonamides is 1. The van der Waals surface area contributed by atoms with Gasteiger partial charge in [0.15, 0.2) is 0 Å². The average molecular weight is 300 g/mol. The Balaban J connectivity index is 1.51. The van der Waals surface area contributed by atoms with Crippen molar-refractivity contribution in [3.05, 3.63) is 0 Å². The summed E-state index contributed by atoms with van der Waals surface area (Å²) in [5, 5.41) is 3.40. The lowest BCUT2D eigenvalue weighted by atomic mass is 9.97. The molecule has 116 valence electrons. The number of nitrogens with zero attached hydrogens (tertiary/aromatic N) is 1. The molecule has 5 heteroatoms. The van der Waals surface area contributed by atoms with E-state index >= 15 is 0 Å². The molecule has 0 radical (unpaired) electrons. The fourth-order valence-corrected chi connectivity index (χ4v) is 5.73. The van der Waals surface area contributed by atoms with E-state index in [0.29, 0.717) is 23.8 Å². The molecule has 1 aliphatic heterocycles. The molecule has 0 bridgehead atoms. The Morgan fingerprint density at radius 3 is 2.45 bits per heavy atom. The van der Waals surface area contributed by atoms with Gasteiger partial charge in [0, 0.05) is 18.6 Å². The van der Waals surface area contributed by atoms with Crippen LogP contribution in [0.2, 0.25) is 0 Å². The third kappa shape index (κ3) is 3.55. The Bertz CT molecular complexity index is 414. The molecule has 3 aliphatic rings. The van der Waals surface area contributed by atoms with Crippen LogP contribution in [0.25, 0.3) is 0 Å². The summed E-state index contributed by atoms with van der Waals surface area (Å²) in [5.41, 5.74) is 0. The molecule has 2 aliphatic carbocycles. The van der Waals surface area contributed by atoms with E-state index in [-0.39, 0.29) is 0 Å². The minimum Gasteiger partial charge on any atom is -0.314 e. The van der Waals surface area contributed by atoms with Crippen molar-refractivity contribution in [3.8, 4) is 0 Å². The Labute approximate surface area is 123 Å². The SMILES string of the molecule is O=S(=O)(CCCNC1CC1)N1CCCC1C1CCCC1. The van der Waals surface area contributed by atoms with Crippen LogP contribution in [-0.2, 0) is 10.0 Å². The predicted molar refractivity (Wildman–Crippen MR) is 81.1 cm³/mol. The van der Waals surface area contributed by atoms with Crippen molar-refractivity contribution in [2.24, 2.45) is 5.92 Å². The van der Waals surface area contributed by atoms with Crippen molar-refractivity contribution in [3.63, 3.8) is 0 Å². The fraction of sp³-hybridized carbons (Fsp3) is 1.00.